The van der Waals surface area contributed by atoms with Gasteiger partial charge in [-0.15, -0.1) is 11.3 Å². The molecule has 0 unspecified atom stereocenters. The lowest BCUT2D eigenvalue weighted by Crippen LogP contribution is -2.06. The quantitative estimate of drug-likeness (QED) is 0.536. The van der Waals surface area contributed by atoms with Crippen molar-refractivity contribution in [1.29, 1.82) is 0 Å². The molecule has 0 fully saturated rings. The molecule has 2 aromatic carbocycles. The second kappa shape index (κ2) is 5.69. The van der Waals surface area contributed by atoms with Crippen LogP contribution in [0.5, 0.6) is 5.75 Å². The molecule has 0 amide bonds. The number of aromatic nitrogens is 1. The summed E-state index contributed by atoms with van der Waals surface area (Å²) in [7, 11) is 0. The average Bonchev–Trinajstić information content (AvgIpc) is 2.46. The molecule has 22 heavy (non-hydrogen) atoms. The third-order valence-corrected chi connectivity index (χ3v) is 4.30. The predicted octanol–water partition coefficient (Wildman–Crippen LogP) is 3.56. The molecule has 5 heteroatoms. The van der Waals surface area contributed by atoms with E-state index in [1.54, 1.807) is 18.2 Å². The first kappa shape index (κ1) is 14.4. The third kappa shape index (κ3) is 2.76. The normalized spacial score (nSPS) is 10.6. The number of rotatable bonds is 2. The second-order valence-corrected chi connectivity index (χ2v) is 5.92. The Balaban J connectivity index is 2.11. The zero-order valence-corrected chi connectivity index (χ0v) is 12.9. The van der Waals surface area contributed by atoms with E-state index in [2.05, 4.69) is 4.98 Å². The number of carbonyl (C=O) groups is 1. The fourth-order valence-electron chi connectivity index (χ4n) is 2.23. The van der Waals surface area contributed by atoms with E-state index in [1.807, 2.05) is 31.2 Å². The molecule has 0 radical (unpaired) electrons. The van der Waals surface area contributed by atoms with Gasteiger partial charge in [-0.2, -0.15) is 4.98 Å². The van der Waals surface area contributed by atoms with Gasteiger partial charge in [0.2, 0.25) is 0 Å². The van der Waals surface area contributed by atoms with Gasteiger partial charge < -0.3 is 4.74 Å². The summed E-state index contributed by atoms with van der Waals surface area (Å²) in [5.41, 5.74) is 1.54. The van der Waals surface area contributed by atoms with Crippen LogP contribution < -0.4 is 10.3 Å². The van der Waals surface area contributed by atoms with Crippen LogP contribution in [-0.2, 0) is 4.79 Å². The summed E-state index contributed by atoms with van der Waals surface area (Å²) in [6.45, 7) is 3.26. The fraction of sp³-hybridized carbons (Fsp3) is 0.118. The average molecular weight is 311 g/mol. The third-order valence-electron chi connectivity index (χ3n) is 3.22. The van der Waals surface area contributed by atoms with Crippen LogP contribution >= 0.6 is 11.3 Å². The molecule has 110 valence electrons. The smallest absolute Gasteiger partial charge is 0.308 e. The van der Waals surface area contributed by atoms with Gasteiger partial charge in [0.15, 0.2) is 0 Å². The Bertz CT molecular complexity index is 931. The molecular weight excluding hydrogens is 298 g/mol. The van der Waals surface area contributed by atoms with E-state index < -0.39 is 0 Å². The van der Waals surface area contributed by atoms with Crippen molar-refractivity contribution in [2.24, 2.45) is 0 Å². The highest BCUT2D eigenvalue weighted by molar-refractivity contribution is 7.21. The Hall–Kier alpha value is -2.53. The summed E-state index contributed by atoms with van der Waals surface area (Å²) in [6, 6.07) is 12.7. The van der Waals surface area contributed by atoms with Gasteiger partial charge >= 0.3 is 5.97 Å². The van der Waals surface area contributed by atoms with Crippen molar-refractivity contribution in [3.05, 3.63) is 58.4 Å². The maximum Gasteiger partial charge on any atom is 0.308 e. The Morgan fingerprint density at radius 1 is 1.18 bits per heavy atom. The summed E-state index contributed by atoms with van der Waals surface area (Å²) in [5, 5.41) is 1.29. The SMILES string of the molecule is CC(=O)Oc1ccc(-c2nc(=O)c3ccccc3s2)c(C)c1. The van der Waals surface area contributed by atoms with Crippen molar-refractivity contribution in [1.82, 2.24) is 4.98 Å². The summed E-state index contributed by atoms with van der Waals surface area (Å²) in [6.07, 6.45) is 0. The second-order valence-electron chi connectivity index (χ2n) is 4.89. The van der Waals surface area contributed by atoms with Gasteiger partial charge in [-0.3, -0.25) is 9.59 Å². The number of hydrogen-bond acceptors (Lipinski definition) is 5. The number of benzene rings is 2. The van der Waals surface area contributed by atoms with Crippen LogP contribution in [0.15, 0.2) is 47.3 Å². The first-order valence-electron chi connectivity index (χ1n) is 6.74. The molecule has 0 aliphatic heterocycles. The van der Waals surface area contributed by atoms with Crippen molar-refractivity contribution in [2.75, 3.05) is 0 Å². The minimum absolute atomic E-state index is 0.229. The van der Waals surface area contributed by atoms with E-state index in [1.165, 1.54) is 18.3 Å². The molecule has 3 rings (SSSR count). The first-order valence-corrected chi connectivity index (χ1v) is 7.55. The van der Waals surface area contributed by atoms with E-state index in [0.717, 1.165) is 15.8 Å². The number of esters is 1. The summed E-state index contributed by atoms with van der Waals surface area (Å²) >= 11 is 1.47. The minimum atomic E-state index is -0.361. The van der Waals surface area contributed by atoms with Gasteiger partial charge in [0.1, 0.15) is 10.8 Å². The van der Waals surface area contributed by atoms with E-state index in [4.69, 9.17) is 4.74 Å². The summed E-state index contributed by atoms with van der Waals surface area (Å²) in [4.78, 5) is 27.3. The molecule has 4 nitrogen and oxygen atoms in total. The highest BCUT2D eigenvalue weighted by atomic mass is 32.1. The monoisotopic (exact) mass is 311 g/mol. The molecule has 0 atom stereocenters. The summed E-state index contributed by atoms with van der Waals surface area (Å²) in [5.74, 6) is 0.127. The number of ether oxygens (including phenoxy) is 1. The summed E-state index contributed by atoms with van der Waals surface area (Å²) < 4.78 is 5.97. The van der Waals surface area contributed by atoms with E-state index in [-0.39, 0.29) is 11.5 Å². The van der Waals surface area contributed by atoms with Crippen LogP contribution in [-0.4, -0.2) is 11.0 Å². The van der Waals surface area contributed by atoms with Crippen LogP contribution in [0.3, 0.4) is 0 Å². The molecule has 0 aliphatic carbocycles. The van der Waals surface area contributed by atoms with Crippen LogP contribution in [0.4, 0.5) is 0 Å². The largest absolute Gasteiger partial charge is 0.427 e. The standard InChI is InChI=1S/C17H13NO3S/c1-10-9-12(21-11(2)19)7-8-13(10)17-18-16(20)14-5-3-4-6-15(14)22-17/h3-9H,1-2H3. The Morgan fingerprint density at radius 2 is 1.95 bits per heavy atom. The highest BCUT2D eigenvalue weighted by Gasteiger charge is 2.10. The Morgan fingerprint density at radius 3 is 2.68 bits per heavy atom. The molecule has 0 N–H and O–H groups in total. The van der Waals surface area contributed by atoms with Gasteiger partial charge in [-0.1, -0.05) is 12.1 Å². The van der Waals surface area contributed by atoms with E-state index >= 15 is 0 Å². The molecule has 0 saturated carbocycles. The number of carbonyl (C=O) groups excluding carboxylic acids is 1. The molecule has 0 saturated heterocycles. The zero-order chi connectivity index (χ0) is 15.7. The lowest BCUT2D eigenvalue weighted by molar-refractivity contribution is -0.131. The maximum absolute atomic E-state index is 12.1. The van der Waals surface area contributed by atoms with Gasteiger partial charge in [0, 0.05) is 17.2 Å². The molecular formula is C17H13NO3S. The Labute approximate surface area is 131 Å². The van der Waals surface area contributed by atoms with Gasteiger partial charge in [-0.05, 0) is 42.8 Å². The van der Waals surface area contributed by atoms with Gasteiger partial charge in [0.25, 0.3) is 5.56 Å². The number of aryl methyl sites for hydroxylation is 1. The zero-order valence-electron chi connectivity index (χ0n) is 12.1. The van der Waals surface area contributed by atoms with Crippen LogP contribution in [0.2, 0.25) is 0 Å². The molecule has 1 heterocycles. The molecule has 0 spiro atoms. The number of nitrogens with zero attached hydrogens (tertiary/aromatic N) is 1. The fourth-order valence-corrected chi connectivity index (χ4v) is 3.32. The highest BCUT2D eigenvalue weighted by Crippen LogP contribution is 2.30. The van der Waals surface area contributed by atoms with Gasteiger partial charge in [-0.25, -0.2) is 0 Å². The van der Waals surface area contributed by atoms with Gasteiger partial charge in [0.05, 0.1) is 5.39 Å². The predicted molar refractivity (Wildman–Crippen MR) is 87.4 cm³/mol. The first-order chi connectivity index (χ1) is 10.5. The van der Waals surface area contributed by atoms with Crippen molar-refractivity contribution in [3.8, 4) is 16.3 Å². The molecule has 1 aromatic heterocycles. The van der Waals surface area contributed by atoms with E-state index in [0.29, 0.717) is 16.1 Å². The van der Waals surface area contributed by atoms with Crippen molar-refractivity contribution in [3.63, 3.8) is 0 Å². The van der Waals surface area contributed by atoms with Crippen molar-refractivity contribution in [2.45, 2.75) is 13.8 Å². The van der Waals surface area contributed by atoms with E-state index in [9.17, 15) is 9.59 Å². The molecule has 0 bridgehead atoms. The van der Waals surface area contributed by atoms with Crippen molar-refractivity contribution >= 4 is 27.4 Å². The van der Waals surface area contributed by atoms with Crippen molar-refractivity contribution < 1.29 is 9.53 Å². The van der Waals surface area contributed by atoms with Crippen LogP contribution in [0.25, 0.3) is 20.7 Å². The number of fused-ring (bicyclic) bond motifs is 1. The maximum atomic E-state index is 12.1. The minimum Gasteiger partial charge on any atom is -0.427 e. The Kier molecular flexibility index (Phi) is 3.73. The topological polar surface area (TPSA) is 56.3 Å². The molecule has 0 aliphatic rings. The molecule has 3 aromatic rings. The van der Waals surface area contributed by atoms with Crippen LogP contribution in [0.1, 0.15) is 12.5 Å². The lowest BCUT2D eigenvalue weighted by atomic mass is 10.1. The number of hydrogen-bond donors (Lipinski definition) is 0. The van der Waals surface area contributed by atoms with Crippen LogP contribution in [0, 0.1) is 6.92 Å². The lowest BCUT2D eigenvalue weighted by Gasteiger charge is -2.08.